The van der Waals surface area contributed by atoms with Crippen LogP contribution in [0.3, 0.4) is 0 Å². The molecule has 0 spiro atoms. The van der Waals surface area contributed by atoms with Crippen LogP contribution in [-0.4, -0.2) is 39.6 Å². The van der Waals surface area contributed by atoms with Crippen LogP contribution in [0.1, 0.15) is 44.0 Å². The highest BCUT2D eigenvalue weighted by Crippen LogP contribution is 2.36. The Bertz CT molecular complexity index is 621. The van der Waals surface area contributed by atoms with Gasteiger partial charge in [-0.15, -0.1) is 0 Å². The molecule has 2 aromatic rings. The van der Waals surface area contributed by atoms with E-state index in [1.807, 2.05) is 12.3 Å². The minimum Gasteiger partial charge on any atom is -0.310 e. The predicted octanol–water partition coefficient (Wildman–Crippen LogP) is 3.04. The van der Waals surface area contributed by atoms with Crippen LogP contribution in [0.2, 0.25) is 0 Å². The van der Waals surface area contributed by atoms with E-state index < -0.39 is 0 Å². The van der Waals surface area contributed by atoms with Crippen LogP contribution in [-0.2, 0) is 6.42 Å². The van der Waals surface area contributed by atoms with Gasteiger partial charge >= 0.3 is 0 Å². The predicted molar refractivity (Wildman–Crippen MR) is 84.3 cm³/mol. The molecule has 1 aliphatic heterocycles. The molecule has 0 radical (unpaired) electrons. The Kier molecular flexibility index (Phi) is 3.42. The minimum absolute atomic E-state index is 0.645. The lowest BCUT2D eigenvalue weighted by Crippen LogP contribution is -2.31. The van der Waals surface area contributed by atoms with Crippen LogP contribution >= 0.6 is 0 Å². The molecule has 4 heteroatoms. The SMILES string of the molecule is CN1CCC(Cc2nc3cccnc3n2C2CCC2)CC1. The summed E-state index contributed by atoms with van der Waals surface area (Å²) < 4.78 is 2.46. The number of fused-ring (bicyclic) bond motifs is 1. The van der Waals surface area contributed by atoms with Gasteiger partial charge in [-0.2, -0.15) is 0 Å². The summed E-state index contributed by atoms with van der Waals surface area (Å²) in [6.07, 6.45) is 9.57. The van der Waals surface area contributed by atoms with E-state index in [0.717, 1.165) is 23.5 Å². The first-order valence-electron chi connectivity index (χ1n) is 8.31. The lowest BCUT2D eigenvalue weighted by Gasteiger charge is -2.31. The van der Waals surface area contributed by atoms with Crippen LogP contribution in [0.4, 0.5) is 0 Å². The summed E-state index contributed by atoms with van der Waals surface area (Å²) in [6.45, 7) is 2.46. The Hall–Kier alpha value is -1.42. The van der Waals surface area contributed by atoms with Gasteiger partial charge in [0.15, 0.2) is 5.65 Å². The third-order valence-electron chi connectivity index (χ3n) is 5.27. The molecule has 0 atom stereocenters. The second-order valence-corrected chi connectivity index (χ2v) is 6.78. The Labute approximate surface area is 126 Å². The molecule has 2 aliphatic rings. The van der Waals surface area contributed by atoms with Crippen LogP contribution in [0, 0.1) is 5.92 Å². The van der Waals surface area contributed by atoms with Crippen LogP contribution < -0.4 is 0 Å². The number of likely N-dealkylation sites (tertiary alicyclic amines) is 1. The zero-order chi connectivity index (χ0) is 14.2. The van der Waals surface area contributed by atoms with Crippen molar-refractivity contribution in [3.8, 4) is 0 Å². The van der Waals surface area contributed by atoms with Gasteiger partial charge in [-0.1, -0.05) is 0 Å². The summed E-state index contributed by atoms with van der Waals surface area (Å²) in [5, 5.41) is 0. The van der Waals surface area contributed by atoms with Gasteiger partial charge in [-0.3, -0.25) is 0 Å². The van der Waals surface area contributed by atoms with E-state index in [2.05, 4.69) is 27.6 Å². The molecule has 4 rings (SSSR count). The van der Waals surface area contributed by atoms with Crippen molar-refractivity contribution in [1.29, 1.82) is 0 Å². The maximum atomic E-state index is 4.92. The highest BCUT2D eigenvalue weighted by Gasteiger charge is 2.27. The van der Waals surface area contributed by atoms with E-state index >= 15 is 0 Å². The van der Waals surface area contributed by atoms with Crippen molar-refractivity contribution >= 4 is 11.2 Å². The number of imidazole rings is 1. The zero-order valence-corrected chi connectivity index (χ0v) is 12.8. The highest BCUT2D eigenvalue weighted by atomic mass is 15.2. The Morgan fingerprint density at radius 2 is 2.00 bits per heavy atom. The monoisotopic (exact) mass is 284 g/mol. The van der Waals surface area contributed by atoms with Gasteiger partial charge in [0.1, 0.15) is 11.3 Å². The summed E-state index contributed by atoms with van der Waals surface area (Å²) in [6, 6.07) is 4.75. The molecule has 1 aliphatic carbocycles. The molecule has 0 bridgehead atoms. The second kappa shape index (κ2) is 5.41. The number of rotatable bonds is 3. The fourth-order valence-electron chi connectivity index (χ4n) is 3.67. The highest BCUT2D eigenvalue weighted by molar-refractivity contribution is 5.71. The van der Waals surface area contributed by atoms with Gasteiger partial charge in [0.2, 0.25) is 0 Å². The molecule has 2 aromatic heterocycles. The van der Waals surface area contributed by atoms with E-state index in [1.165, 1.54) is 51.0 Å². The number of hydrogen-bond donors (Lipinski definition) is 0. The van der Waals surface area contributed by atoms with E-state index in [9.17, 15) is 0 Å². The van der Waals surface area contributed by atoms with E-state index in [-0.39, 0.29) is 0 Å². The first kappa shape index (κ1) is 13.3. The lowest BCUT2D eigenvalue weighted by atomic mass is 9.91. The Morgan fingerprint density at radius 1 is 1.19 bits per heavy atom. The molecule has 3 heterocycles. The Morgan fingerprint density at radius 3 is 2.71 bits per heavy atom. The van der Waals surface area contributed by atoms with Crippen molar-refractivity contribution in [1.82, 2.24) is 19.4 Å². The first-order valence-corrected chi connectivity index (χ1v) is 8.31. The van der Waals surface area contributed by atoms with Gasteiger partial charge in [-0.05, 0) is 70.3 Å². The standard InChI is InChI=1S/C17H24N4/c1-20-10-7-13(8-11-20)12-16-19-15-6-3-9-18-17(15)21(16)14-4-2-5-14/h3,6,9,13-14H,2,4-5,7-8,10-12H2,1H3. The smallest absolute Gasteiger partial charge is 0.160 e. The molecule has 1 saturated heterocycles. The second-order valence-electron chi connectivity index (χ2n) is 6.78. The minimum atomic E-state index is 0.645. The Balaban J connectivity index is 1.64. The van der Waals surface area contributed by atoms with Crippen molar-refractivity contribution < 1.29 is 0 Å². The van der Waals surface area contributed by atoms with Gasteiger partial charge in [0, 0.05) is 18.7 Å². The molecular formula is C17H24N4. The molecule has 0 amide bonds. The maximum Gasteiger partial charge on any atom is 0.160 e. The average Bonchev–Trinajstić information content (AvgIpc) is 2.78. The van der Waals surface area contributed by atoms with Crippen molar-refractivity contribution in [2.45, 2.75) is 44.6 Å². The van der Waals surface area contributed by atoms with Crippen molar-refractivity contribution in [2.24, 2.45) is 5.92 Å². The third-order valence-corrected chi connectivity index (χ3v) is 5.27. The van der Waals surface area contributed by atoms with Gasteiger partial charge < -0.3 is 9.47 Å². The van der Waals surface area contributed by atoms with Crippen molar-refractivity contribution in [2.75, 3.05) is 20.1 Å². The zero-order valence-electron chi connectivity index (χ0n) is 12.8. The van der Waals surface area contributed by atoms with E-state index in [0.29, 0.717) is 6.04 Å². The summed E-state index contributed by atoms with van der Waals surface area (Å²) in [5.74, 6) is 2.07. The maximum absolute atomic E-state index is 4.92. The van der Waals surface area contributed by atoms with Crippen molar-refractivity contribution in [3.63, 3.8) is 0 Å². The quantitative estimate of drug-likeness (QED) is 0.868. The molecule has 2 fully saturated rings. The van der Waals surface area contributed by atoms with Crippen LogP contribution in [0.5, 0.6) is 0 Å². The molecular weight excluding hydrogens is 260 g/mol. The average molecular weight is 284 g/mol. The lowest BCUT2D eigenvalue weighted by molar-refractivity contribution is 0.214. The topological polar surface area (TPSA) is 34.0 Å². The summed E-state index contributed by atoms with van der Waals surface area (Å²) in [5.41, 5.74) is 2.18. The summed E-state index contributed by atoms with van der Waals surface area (Å²) in [7, 11) is 2.23. The molecule has 21 heavy (non-hydrogen) atoms. The normalized spacial score (nSPS) is 21.8. The third kappa shape index (κ3) is 2.46. The number of hydrogen-bond acceptors (Lipinski definition) is 3. The fourth-order valence-corrected chi connectivity index (χ4v) is 3.67. The van der Waals surface area contributed by atoms with Crippen LogP contribution in [0.15, 0.2) is 18.3 Å². The van der Waals surface area contributed by atoms with E-state index in [4.69, 9.17) is 4.98 Å². The van der Waals surface area contributed by atoms with Crippen LogP contribution in [0.25, 0.3) is 11.2 Å². The first-order chi connectivity index (χ1) is 10.3. The molecule has 1 saturated carbocycles. The molecule has 4 nitrogen and oxygen atoms in total. The molecule has 0 N–H and O–H groups in total. The van der Waals surface area contributed by atoms with E-state index in [1.54, 1.807) is 0 Å². The number of aromatic nitrogens is 3. The summed E-state index contributed by atoms with van der Waals surface area (Å²) >= 11 is 0. The molecule has 112 valence electrons. The van der Waals surface area contributed by atoms with Gasteiger partial charge in [-0.25, -0.2) is 9.97 Å². The largest absolute Gasteiger partial charge is 0.310 e. The van der Waals surface area contributed by atoms with Gasteiger partial charge in [0.25, 0.3) is 0 Å². The fraction of sp³-hybridized carbons (Fsp3) is 0.647. The number of piperidine rings is 1. The number of pyridine rings is 1. The van der Waals surface area contributed by atoms with Gasteiger partial charge in [0.05, 0.1) is 0 Å². The van der Waals surface area contributed by atoms with Crippen molar-refractivity contribution in [3.05, 3.63) is 24.2 Å². The molecule has 0 aromatic carbocycles. The number of nitrogens with zero attached hydrogens (tertiary/aromatic N) is 4. The summed E-state index contributed by atoms with van der Waals surface area (Å²) in [4.78, 5) is 12.0. The molecule has 0 unspecified atom stereocenters.